The quantitative estimate of drug-likeness (QED) is 0.368. The predicted molar refractivity (Wildman–Crippen MR) is 155 cm³/mol. The molecule has 2 aromatic carbocycles. The summed E-state index contributed by atoms with van der Waals surface area (Å²) in [5, 5.41) is 20.3. The number of halogens is 1. The molecule has 4 fully saturated rings. The summed E-state index contributed by atoms with van der Waals surface area (Å²) in [5.41, 5.74) is 0.462. The van der Waals surface area contributed by atoms with Gasteiger partial charge in [0.2, 0.25) is 0 Å². The molecule has 2 bridgehead atoms. The average molecular weight is 560 g/mol. The molecular weight excluding hydrogens is 525 g/mol. The summed E-state index contributed by atoms with van der Waals surface area (Å²) in [5.74, 6) is 0.241. The minimum Gasteiger partial charge on any atom is -0.508 e. The minimum absolute atomic E-state index is 0.0418. The largest absolute Gasteiger partial charge is 0.508 e. The van der Waals surface area contributed by atoms with Gasteiger partial charge >= 0.3 is 6.01 Å². The van der Waals surface area contributed by atoms with Crippen molar-refractivity contribution >= 4 is 27.5 Å². The molecular formula is C30H34FN7O3. The molecule has 4 aliphatic rings. The van der Waals surface area contributed by atoms with Gasteiger partial charge in [0.05, 0.1) is 17.3 Å². The van der Waals surface area contributed by atoms with Gasteiger partial charge in [-0.15, -0.1) is 0 Å². The van der Waals surface area contributed by atoms with E-state index in [0.717, 1.165) is 45.3 Å². The van der Waals surface area contributed by atoms with E-state index in [4.69, 9.17) is 9.72 Å². The van der Waals surface area contributed by atoms with Crippen LogP contribution in [0.25, 0.3) is 27.4 Å². The lowest BCUT2D eigenvalue weighted by Crippen LogP contribution is -2.61. The molecule has 2 aromatic heterocycles. The zero-order chi connectivity index (χ0) is 28.2. The van der Waals surface area contributed by atoms with Crippen LogP contribution in [0.1, 0.15) is 38.2 Å². The van der Waals surface area contributed by atoms with Gasteiger partial charge in [0.25, 0.3) is 5.56 Å². The second-order valence-corrected chi connectivity index (χ2v) is 11.5. The van der Waals surface area contributed by atoms with E-state index in [2.05, 4.69) is 32.2 Å². The second-order valence-electron chi connectivity index (χ2n) is 11.5. The Bertz CT molecular complexity index is 1700. The number of piperazine rings is 1. The van der Waals surface area contributed by atoms with Gasteiger partial charge < -0.3 is 25.0 Å². The first-order valence-electron chi connectivity index (χ1n) is 14.5. The van der Waals surface area contributed by atoms with Crippen molar-refractivity contribution in [3.8, 4) is 17.4 Å². The fraction of sp³-hybridized carbons (Fsp3) is 0.467. The summed E-state index contributed by atoms with van der Waals surface area (Å²) < 4.78 is 22.2. The lowest BCUT2D eigenvalue weighted by atomic mass is 9.93. The Morgan fingerprint density at radius 3 is 2.78 bits per heavy atom. The van der Waals surface area contributed by atoms with E-state index >= 15 is 0 Å². The van der Waals surface area contributed by atoms with Crippen molar-refractivity contribution in [2.45, 2.75) is 57.2 Å². The Morgan fingerprint density at radius 2 is 2.07 bits per heavy atom. The summed E-state index contributed by atoms with van der Waals surface area (Å²) in [6.07, 6.45) is 6.32. The number of nitrogens with one attached hydrogen (secondary N) is 1. The number of anilines is 1. The number of likely N-dealkylation sites (N-methyl/N-ethyl adjacent to an activating group) is 1. The first kappa shape index (κ1) is 26.1. The lowest BCUT2D eigenvalue weighted by Gasteiger charge is -2.46. The molecule has 3 atom stereocenters. The Balaban J connectivity index is 1.40. The number of hydrogen-bond acceptors (Lipinski definition) is 9. The van der Waals surface area contributed by atoms with Crippen LogP contribution in [0.2, 0.25) is 0 Å². The molecule has 2 N–H and O–H groups in total. The average Bonchev–Trinajstić information content (AvgIpc) is 3.41. The number of likely N-dealkylation sites (tertiary alicyclic amines) is 1. The summed E-state index contributed by atoms with van der Waals surface area (Å²) in [7, 11) is 2.09. The van der Waals surface area contributed by atoms with Crippen LogP contribution < -0.4 is 20.5 Å². The van der Waals surface area contributed by atoms with E-state index < -0.39 is 5.56 Å². The van der Waals surface area contributed by atoms with Gasteiger partial charge in [-0.25, -0.2) is 4.39 Å². The molecule has 0 amide bonds. The number of piperidine rings is 2. The Kier molecular flexibility index (Phi) is 6.50. The van der Waals surface area contributed by atoms with Crippen molar-refractivity contribution in [2.75, 3.05) is 38.2 Å². The van der Waals surface area contributed by atoms with Crippen molar-refractivity contribution in [2.24, 2.45) is 0 Å². The van der Waals surface area contributed by atoms with Crippen LogP contribution in [0, 0.1) is 5.82 Å². The Labute approximate surface area is 236 Å². The molecule has 6 heterocycles. The molecule has 0 radical (unpaired) electrons. The fourth-order valence-corrected chi connectivity index (χ4v) is 6.76. The molecule has 8 rings (SSSR count). The molecule has 10 nitrogen and oxygen atoms in total. The van der Waals surface area contributed by atoms with Crippen LogP contribution in [0.4, 0.5) is 10.2 Å². The number of aromatic nitrogens is 4. The van der Waals surface area contributed by atoms with Crippen LogP contribution in [-0.4, -0.2) is 81.2 Å². The van der Waals surface area contributed by atoms with E-state index in [1.165, 1.54) is 16.8 Å². The molecule has 214 valence electrons. The zero-order valence-electron chi connectivity index (χ0n) is 23.3. The molecule has 0 saturated carbocycles. The van der Waals surface area contributed by atoms with Crippen LogP contribution in [0.3, 0.4) is 0 Å². The number of phenols is 1. The summed E-state index contributed by atoms with van der Waals surface area (Å²) >= 11 is 0. The highest BCUT2D eigenvalue weighted by Crippen LogP contribution is 2.34. The van der Waals surface area contributed by atoms with Crippen molar-refractivity contribution < 1.29 is 14.2 Å². The minimum atomic E-state index is -0.479. The predicted octanol–water partition coefficient (Wildman–Crippen LogP) is 3.15. The van der Waals surface area contributed by atoms with Gasteiger partial charge in [0.15, 0.2) is 0 Å². The maximum absolute atomic E-state index is 14.9. The van der Waals surface area contributed by atoms with E-state index in [1.54, 1.807) is 18.3 Å². The van der Waals surface area contributed by atoms with Crippen molar-refractivity contribution in [1.82, 2.24) is 30.0 Å². The summed E-state index contributed by atoms with van der Waals surface area (Å²) in [4.78, 5) is 28.2. The van der Waals surface area contributed by atoms with E-state index in [0.29, 0.717) is 52.3 Å². The van der Waals surface area contributed by atoms with E-state index in [1.807, 2.05) is 6.92 Å². The molecule has 0 spiro atoms. The number of hydrogen-bond donors (Lipinski definition) is 2. The number of fused-ring (bicyclic) bond motifs is 5. The van der Waals surface area contributed by atoms with Gasteiger partial charge in [-0.1, -0.05) is 13.0 Å². The molecule has 2 unspecified atom stereocenters. The topological polar surface area (TPSA) is 109 Å². The maximum Gasteiger partial charge on any atom is 0.319 e. The molecule has 11 heteroatoms. The van der Waals surface area contributed by atoms with Crippen molar-refractivity contribution in [3.05, 3.63) is 52.2 Å². The zero-order valence-corrected chi connectivity index (χ0v) is 23.3. The molecule has 0 aliphatic carbocycles. The van der Waals surface area contributed by atoms with Crippen molar-refractivity contribution in [3.63, 3.8) is 0 Å². The van der Waals surface area contributed by atoms with Crippen molar-refractivity contribution in [1.29, 1.82) is 0 Å². The second kappa shape index (κ2) is 10.2. The maximum atomic E-state index is 14.9. The number of ether oxygens (including phenoxy) is 1. The fourth-order valence-electron chi connectivity index (χ4n) is 6.76. The molecule has 4 aromatic rings. The Hall–Kier alpha value is -3.83. The van der Waals surface area contributed by atoms with Crippen LogP contribution in [-0.2, 0) is 6.42 Å². The monoisotopic (exact) mass is 559 g/mol. The van der Waals surface area contributed by atoms with Gasteiger partial charge in [0, 0.05) is 42.7 Å². The number of aromatic hydroxyl groups is 1. The van der Waals surface area contributed by atoms with E-state index in [-0.39, 0.29) is 35.2 Å². The number of benzene rings is 2. The third-order valence-electron chi connectivity index (χ3n) is 9.01. The van der Waals surface area contributed by atoms with E-state index in [9.17, 15) is 14.3 Å². The highest BCUT2D eigenvalue weighted by atomic mass is 19.1. The third kappa shape index (κ3) is 4.47. The number of nitrogens with zero attached hydrogens (tertiary/aromatic N) is 6. The molecule has 4 saturated heterocycles. The van der Waals surface area contributed by atoms with Crippen LogP contribution in [0.5, 0.6) is 11.8 Å². The molecule has 4 aliphatic heterocycles. The smallest absolute Gasteiger partial charge is 0.319 e. The van der Waals surface area contributed by atoms with Gasteiger partial charge in [0.1, 0.15) is 29.5 Å². The number of aryl methyl sites for hydroxylation is 1. The summed E-state index contributed by atoms with van der Waals surface area (Å²) in [6, 6.07) is 7.04. The van der Waals surface area contributed by atoms with Gasteiger partial charge in [-0.2, -0.15) is 19.7 Å². The standard InChI is InChI=1S/C30H34FN7O3/c1-3-22-24(31)9-6-17-11-21(39)12-25(26(17)22)38-29(40)27-23(14-33-38)28(37-15-18-7-8-19(37)13-32-18)35-30(34-27)41-16-20-5-4-10-36(20)2/h6,9,11-12,14,18-20,32,39H,3-5,7-8,10,13,15-16H2,1-2H3/t18?,19?,20-/m0/s1. The lowest BCUT2D eigenvalue weighted by molar-refractivity contribution is 0.188. The van der Waals surface area contributed by atoms with Crippen LogP contribution in [0.15, 0.2) is 35.3 Å². The first-order valence-corrected chi connectivity index (χ1v) is 14.5. The first-order chi connectivity index (χ1) is 19.9. The van der Waals surface area contributed by atoms with Crippen LogP contribution >= 0.6 is 0 Å². The normalized spacial score (nSPS) is 22.7. The highest BCUT2D eigenvalue weighted by molar-refractivity contribution is 5.95. The third-order valence-corrected chi connectivity index (χ3v) is 9.01. The number of phenolic OH excluding ortho intramolecular Hbond substituents is 1. The highest BCUT2D eigenvalue weighted by Gasteiger charge is 2.36. The van der Waals surface area contributed by atoms with Gasteiger partial charge in [-0.05, 0) is 68.8 Å². The summed E-state index contributed by atoms with van der Waals surface area (Å²) in [6.45, 7) is 4.95. The Morgan fingerprint density at radius 1 is 1.20 bits per heavy atom. The number of rotatable bonds is 6. The molecule has 41 heavy (non-hydrogen) atoms. The SMILES string of the molecule is CCc1c(F)ccc2cc(O)cc(-n3ncc4c(N5CC6CCC5CN6)nc(OC[C@@H]5CCCN5C)nc4c3=O)c12. The van der Waals surface area contributed by atoms with Gasteiger partial charge in [-0.3, -0.25) is 4.79 Å².